The normalized spacial score (nSPS) is 9.94. The van der Waals surface area contributed by atoms with E-state index in [-0.39, 0.29) is 24.8 Å². The second-order valence-electron chi connectivity index (χ2n) is 3.44. The van der Waals surface area contributed by atoms with Crippen LogP contribution >= 0.6 is 38.5 Å². The minimum absolute atomic E-state index is 0.182. The Kier molecular flexibility index (Phi) is 6.62. The predicted molar refractivity (Wildman–Crippen MR) is 80.4 cm³/mol. The van der Waals surface area contributed by atoms with Crippen molar-refractivity contribution in [3.63, 3.8) is 0 Å². The zero-order valence-corrected chi connectivity index (χ0v) is 13.6. The number of halogens is 2. The van der Waals surface area contributed by atoms with Crippen LogP contribution in [0.25, 0.3) is 0 Å². The molecular formula is C12H13BrINO3. The van der Waals surface area contributed by atoms with Gasteiger partial charge in [-0.15, -0.1) is 0 Å². The zero-order valence-electron chi connectivity index (χ0n) is 9.83. The summed E-state index contributed by atoms with van der Waals surface area (Å²) in [6.45, 7) is 2.38. The second-order valence-corrected chi connectivity index (χ2v) is 5.54. The fraction of sp³-hybridized carbons (Fsp3) is 0.333. The summed E-state index contributed by atoms with van der Waals surface area (Å²) < 4.78 is 6.48. The van der Waals surface area contributed by atoms with E-state index in [4.69, 9.17) is 4.74 Å². The van der Waals surface area contributed by atoms with Gasteiger partial charge in [-0.3, -0.25) is 9.59 Å². The second kappa shape index (κ2) is 7.73. The van der Waals surface area contributed by atoms with Crippen molar-refractivity contribution in [3.8, 4) is 0 Å². The van der Waals surface area contributed by atoms with Crippen molar-refractivity contribution in [2.24, 2.45) is 0 Å². The number of ether oxygens (including phenoxy) is 1. The molecule has 0 saturated carbocycles. The highest BCUT2D eigenvalue weighted by Crippen LogP contribution is 2.19. The van der Waals surface area contributed by atoms with Gasteiger partial charge in [-0.1, -0.05) is 0 Å². The van der Waals surface area contributed by atoms with E-state index in [0.29, 0.717) is 12.2 Å². The third-order valence-electron chi connectivity index (χ3n) is 2.09. The molecule has 1 rings (SSSR count). The lowest BCUT2D eigenvalue weighted by molar-refractivity contribution is -0.142. The Bertz CT molecular complexity index is 451. The number of benzene rings is 1. The van der Waals surface area contributed by atoms with E-state index in [1.807, 2.05) is 12.1 Å². The van der Waals surface area contributed by atoms with Crippen LogP contribution in [0.2, 0.25) is 0 Å². The van der Waals surface area contributed by atoms with Crippen LogP contribution in [0.15, 0.2) is 22.7 Å². The van der Waals surface area contributed by atoms with Gasteiger partial charge >= 0.3 is 5.97 Å². The van der Waals surface area contributed by atoms with Crippen molar-refractivity contribution in [2.45, 2.75) is 13.3 Å². The first-order valence-electron chi connectivity index (χ1n) is 5.43. The minimum Gasteiger partial charge on any atom is -0.466 e. The average molecular weight is 426 g/mol. The average Bonchev–Trinajstić information content (AvgIpc) is 2.32. The Morgan fingerprint density at radius 2 is 2.17 bits per heavy atom. The number of rotatable bonds is 5. The number of hydrogen-bond acceptors (Lipinski definition) is 3. The number of esters is 1. The van der Waals surface area contributed by atoms with Crippen LogP contribution in [-0.4, -0.2) is 25.0 Å². The van der Waals surface area contributed by atoms with Gasteiger partial charge < -0.3 is 10.1 Å². The molecule has 1 amide bonds. The van der Waals surface area contributed by atoms with Crippen molar-refractivity contribution in [3.05, 3.63) is 31.8 Å². The summed E-state index contributed by atoms with van der Waals surface area (Å²) in [4.78, 5) is 23.0. The van der Waals surface area contributed by atoms with Gasteiger partial charge in [-0.25, -0.2) is 0 Å². The van der Waals surface area contributed by atoms with Crippen LogP contribution in [0, 0.1) is 3.57 Å². The zero-order chi connectivity index (χ0) is 13.5. The molecule has 1 aromatic rings. The summed E-state index contributed by atoms with van der Waals surface area (Å²) in [6.07, 6.45) is 0.182. The summed E-state index contributed by atoms with van der Waals surface area (Å²) in [6, 6.07) is 5.51. The summed E-state index contributed by atoms with van der Waals surface area (Å²) in [5.74, 6) is -0.510. The number of amides is 1. The monoisotopic (exact) mass is 425 g/mol. The quantitative estimate of drug-likeness (QED) is 0.583. The van der Waals surface area contributed by atoms with E-state index in [0.717, 1.165) is 8.04 Å². The SMILES string of the molecule is CCOC(=O)CCNC(=O)c1cc(I)ccc1Br. The van der Waals surface area contributed by atoms with E-state index in [1.165, 1.54) is 0 Å². The Balaban J connectivity index is 2.50. The molecule has 1 aromatic carbocycles. The molecule has 98 valence electrons. The summed E-state index contributed by atoms with van der Waals surface area (Å²) in [5.41, 5.74) is 0.561. The van der Waals surface area contributed by atoms with Crippen molar-refractivity contribution < 1.29 is 14.3 Å². The first-order valence-corrected chi connectivity index (χ1v) is 7.30. The lowest BCUT2D eigenvalue weighted by Crippen LogP contribution is -2.26. The molecule has 0 spiro atoms. The first-order chi connectivity index (χ1) is 8.54. The maximum Gasteiger partial charge on any atom is 0.307 e. The van der Waals surface area contributed by atoms with Gasteiger partial charge in [0.1, 0.15) is 0 Å². The molecule has 0 radical (unpaired) electrons. The van der Waals surface area contributed by atoms with Crippen LogP contribution in [-0.2, 0) is 9.53 Å². The molecular weight excluding hydrogens is 413 g/mol. The molecule has 18 heavy (non-hydrogen) atoms. The number of nitrogens with one attached hydrogen (secondary N) is 1. The maximum absolute atomic E-state index is 11.9. The predicted octanol–water partition coefficient (Wildman–Crippen LogP) is 2.74. The van der Waals surface area contributed by atoms with E-state index < -0.39 is 0 Å². The molecule has 0 aliphatic heterocycles. The third kappa shape index (κ3) is 4.93. The minimum atomic E-state index is -0.306. The summed E-state index contributed by atoms with van der Waals surface area (Å²) >= 11 is 5.46. The first kappa shape index (κ1) is 15.4. The van der Waals surface area contributed by atoms with Crippen LogP contribution in [0.1, 0.15) is 23.7 Å². The molecule has 0 saturated heterocycles. The molecule has 0 atom stereocenters. The largest absolute Gasteiger partial charge is 0.466 e. The fourth-order valence-electron chi connectivity index (χ4n) is 1.28. The standard InChI is InChI=1S/C12H13BrINO3/c1-2-18-11(16)5-6-15-12(17)9-7-8(14)3-4-10(9)13/h3-4,7H,2,5-6H2,1H3,(H,15,17). The van der Waals surface area contributed by atoms with Crippen LogP contribution < -0.4 is 5.32 Å². The maximum atomic E-state index is 11.9. The van der Waals surface area contributed by atoms with Crippen LogP contribution in [0.4, 0.5) is 0 Å². The van der Waals surface area contributed by atoms with Crippen molar-refractivity contribution in [1.82, 2.24) is 5.32 Å². The lowest BCUT2D eigenvalue weighted by atomic mass is 10.2. The Labute approximate surface area is 128 Å². The van der Waals surface area contributed by atoms with Crippen molar-refractivity contribution in [2.75, 3.05) is 13.2 Å². The van der Waals surface area contributed by atoms with Gasteiger partial charge in [0, 0.05) is 14.6 Å². The fourth-order valence-corrected chi connectivity index (χ4v) is 2.20. The smallest absolute Gasteiger partial charge is 0.307 e. The van der Waals surface area contributed by atoms with Crippen LogP contribution in [0.3, 0.4) is 0 Å². The van der Waals surface area contributed by atoms with Gasteiger partial charge in [-0.05, 0) is 63.6 Å². The van der Waals surface area contributed by atoms with Gasteiger partial charge in [0.2, 0.25) is 0 Å². The van der Waals surface area contributed by atoms with E-state index in [9.17, 15) is 9.59 Å². The highest BCUT2D eigenvalue weighted by Gasteiger charge is 2.10. The molecule has 0 aliphatic carbocycles. The Hall–Kier alpha value is -0.630. The van der Waals surface area contributed by atoms with E-state index in [2.05, 4.69) is 43.8 Å². The van der Waals surface area contributed by atoms with Crippen molar-refractivity contribution >= 4 is 50.4 Å². The molecule has 0 fully saturated rings. The molecule has 0 aliphatic rings. The summed E-state index contributed by atoms with van der Waals surface area (Å²) in [7, 11) is 0. The third-order valence-corrected chi connectivity index (χ3v) is 3.46. The molecule has 1 N–H and O–H groups in total. The lowest BCUT2D eigenvalue weighted by Gasteiger charge is -2.07. The Morgan fingerprint density at radius 1 is 1.44 bits per heavy atom. The number of hydrogen-bond donors (Lipinski definition) is 1. The molecule has 0 bridgehead atoms. The van der Waals surface area contributed by atoms with Gasteiger partial charge in [-0.2, -0.15) is 0 Å². The topological polar surface area (TPSA) is 55.4 Å². The molecule has 6 heteroatoms. The molecule has 0 aromatic heterocycles. The number of carbonyl (C=O) groups excluding carboxylic acids is 2. The molecule has 4 nitrogen and oxygen atoms in total. The van der Waals surface area contributed by atoms with Gasteiger partial charge in [0.25, 0.3) is 5.91 Å². The Morgan fingerprint density at radius 3 is 2.83 bits per heavy atom. The van der Waals surface area contributed by atoms with Crippen LogP contribution in [0.5, 0.6) is 0 Å². The van der Waals surface area contributed by atoms with E-state index >= 15 is 0 Å². The highest BCUT2D eigenvalue weighted by atomic mass is 127. The summed E-state index contributed by atoms with van der Waals surface area (Å²) in [5, 5.41) is 2.68. The molecule has 0 unspecified atom stereocenters. The van der Waals surface area contributed by atoms with Gasteiger partial charge in [0.05, 0.1) is 18.6 Å². The van der Waals surface area contributed by atoms with E-state index in [1.54, 1.807) is 13.0 Å². The van der Waals surface area contributed by atoms with Gasteiger partial charge in [0.15, 0.2) is 0 Å². The molecule has 0 heterocycles. The highest BCUT2D eigenvalue weighted by molar-refractivity contribution is 14.1. The van der Waals surface area contributed by atoms with Crippen molar-refractivity contribution in [1.29, 1.82) is 0 Å². The number of carbonyl (C=O) groups is 2.